The summed E-state index contributed by atoms with van der Waals surface area (Å²) in [4.78, 5) is 27.4. The number of benzene rings is 1. The molecule has 1 aliphatic rings. The molecular weight excluding hydrogens is 376 g/mol. The predicted molar refractivity (Wildman–Crippen MR) is 120 cm³/mol. The van der Waals surface area contributed by atoms with Crippen molar-refractivity contribution in [1.29, 1.82) is 0 Å². The van der Waals surface area contributed by atoms with E-state index < -0.39 is 0 Å². The first-order chi connectivity index (χ1) is 14.4. The first-order valence-corrected chi connectivity index (χ1v) is 10.4. The van der Waals surface area contributed by atoms with Crippen molar-refractivity contribution in [2.75, 3.05) is 23.3 Å². The molecule has 2 N–H and O–H groups in total. The van der Waals surface area contributed by atoms with Gasteiger partial charge in [0.2, 0.25) is 5.91 Å². The normalized spacial score (nSPS) is 17.2. The van der Waals surface area contributed by atoms with Gasteiger partial charge in [0.1, 0.15) is 17.5 Å². The number of amides is 1. The van der Waals surface area contributed by atoms with Crippen molar-refractivity contribution in [3.8, 4) is 0 Å². The summed E-state index contributed by atoms with van der Waals surface area (Å²) in [6, 6.07) is 10.8. The Morgan fingerprint density at radius 2 is 2.07 bits per heavy atom. The number of hydrogen-bond acceptors (Lipinski definition) is 6. The van der Waals surface area contributed by atoms with E-state index in [1.807, 2.05) is 13.1 Å². The standard InChI is InChI=1S/C23H28N6O/c1-14-6-5-7-18(10-14)15(2)25-23-20-11-22(24-12-21(20)26-16(3)27-23)29-9-8-19(13-29)28-17(4)30/h5-7,10-12,15,19H,8-9,13H2,1-4H3,(H,28,30)(H,25,26,27)/t15?,19-/m1/s1. The topological polar surface area (TPSA) is 83.0 Å². The van der Waals surface area contributed by atoms with Gasteiger partial charge >= 0.3 is 0 Å². The number of pyridine rings is 1. The lowest BCUT2D eigenvalue weighted by Crippen LogP contribution is -2.35. The molecule has 0 aliphatic carbocycles. The van der Waals surface area contributed by atoms with E-state index in [1.54, 1.807) is 6.92 Å². The Morgan fingerprint density at radius 3 is 2.83 bits per heavy atom. The smallest absolute Gasteiger partial charge is 0.217 e. The number of carbonyl (C=O) groups is 1. The summed E-state index contributed by atoms with van der Waals surface area (Å²) in [6.45, 7) is 9.31. The lowest BCUT2D eigenvalue weighted by molar-refractivity contribution is -0.119. The van der Waals surface area contributed by atoms with E-state index in [0.717, 1.165) is 42.0 Å². The summed E-state index contributed by atoms with van der Waals surface area (Å²) in [7, 11) is 0. The van der Waals surface area contributed by atoms with Crippen molar-refractivity contribution in [3.05, 3.63) is 53.5 Å². The molecule has 3 heterocycles. The van der Waals surface area contributed by atoms with Gasteiger partial charge in [-0.1, -0.05) is 29.8 Å². The third-order valence-electron chi connectivity index (χ3n) is 5.49. The molecule has 4 rings (SSSR count). The molecule has 7 nitrogen and oxygen atoms in total. The molecule has 1 unspecified atom stereocenters. The van der Waals surface area contributed by atoms with Crippen LogP contribution >= 0.6 is 0 Å². The Morgan fingerprint density at radius 1 is 1.23 bits per heavy atom. The van der Waals surface area contributed by atoms with Gasteiger partial charge in [0.05, 0.1) is 11.7 Å². The van der Waals surface area contributed by atoms with E-state index in [2.05, 4.69) is 74.7 Å². The minimum absolute atomic E-state index is 0.00817. The van der Waals surface area contributed by atoms with Crippen LogP contribution in [0.1, 0.15) is 43.3 Å². The van der Waals surface area contributed by atoms with Crippen molar-refractivity contribution in [1.82, 2.24) is 20.3 Å². The maximum Gasteiger partial charge on any atom is 0.217 e. The van der Waals surface area contributed by atoms with Crippen LogP contribution in [0.3, 0.4) is 0 Å². The van der Waals surface area contributed by atoms with Gasteiger partial charge in [0, 0.05) is 37.5 Å². The van der Waals surface area contributed by atoms with E-state index in [-0.39, 0.29) is 18.0 Å². The van der Waals surface area contributed by atoms with E-state index in [1.165, 1.54) is 11.1 Å². The SMILES string of the molecule is CC(=O)N[C@@H]1CCN(c2cc3c(NC(C)c4cccc(C)c4)nc(C)nc3cn2)C1. The van der Waals surface area contributed by atoms with Crippen LogP contribution in [0.25, 0.3) is 10.9 Å². The lowest BCUT2D eigenvalue weighted by atomic mass is 10.1. The quantitative estimate of drug-likeness (QED) is 0.677. The predicted octanol–water partition coefficient (Wildman–Crippen LogP) is 3.53. The number of aryl methyl sites for hydroxylation is 2. The molecule has 30 heavy (non-hydrogen) atoms. The maximum atomic E-state index is 11.4. The highest BCUT2D eigenvalue weighted by molar-refractivity contribution is 5.90. The summed E-state index contributed by atoms with van der Waals surface area (Å²) in [6.07, 6.45) is 2.73. The van der Waals surface area contributed by atoms with Gasteiger partial charge in [-0.05, 0) is 38.8 Å². The second kappa shape index (κ2) is 8.26. The Labute approximate surface area is 176 Å². The zero-order valence-corrected chi connectivity index (χ0v) is 17.9. The fourth-order valence-electron chi connectivity index (χ4n) is 4.02. The van der Waals surface area contributed by atoms with E-state index in [9.17, 15) is 4.79 Å². The number of nitrogens with zero attached hydrogens (tertiary/aromatic N) is 4. The van der Waals surface area contributed by atoms with E-state index >= 15 is 0 Å². The van der Waals surface area contributed by atoms with E-state index in [0.29, 0.717) is 5.82 Å². The van der Waals surface area contributed by atoms with E-state index in [4.69, 9.17) is 0 Å². The van der Waals surface area contributed by atoms with Gasteiger partial charge in [-0.2, -0.15) is 0 Å². The largest absolute Gasteiger partial charge is 0.363 e. The van der Waals surface area contributed by atoms with Gasteiger partial charge in [-0.3, -0.25) is 4.79 Å². The van der Waals surface area contributed by atoms with Crippen LogP contribution in [0.4, 0.5) is 11.6 Å². The number of nitrogens with one attached hydrogen (secondary N) is 2. The summed E-state index contributed by atoms with van der Waals surface area (Å²) in [5, 5.41) is 7.52. The van der Waals surface area contributed by atoms with Crippen molar-refractivity contribution in [2.45, 2.75) is 46.2 Å². The zero-order chi connectivity index (χ0) is 21.3. The summed E-state index contributed by atoms with van der Waals surface area (Å²) >= 11 is 0. The molecule has 1 aromatic carbocycles. The molecule has 156 valence electrons. The maximum absolute atomic E-state index is 11.4. The Bertz CT molecular complexity index is 1080. The van der Waals surface area contributed by atoms with Gasteiger partial charge < -0.3 is 15.5 Å². The number of carbonyl (C=O) groups excluding carboxylic acids is 1. The van der Waals surface area contributed by atoms with Crippen molar-refractivity contribution in [2.24, 2.45) is 0 Å². The van der Waals surface area contributed by atoms with Gasteiger partial charge in [0.25, 0.3) is 0 Å². The molecule has 2 aromatic heterocycles. The summed E-state index contributed by atoms with van der Waals surface area (Å²) in [5.41, 5.74) is 3.27. The van der Waals surface area contributed by atoms with Crippen LogP contribution in [0, 0.1) is 13.8 Å². The number of anilines is 2. The Hall–Kier alpha value is -3.22. The molecule has 2 atom stereocenters. The van der Waals surface area contributed by atoms with Crippen LogP contribution in [0.5, 0.6) is 0 Å². The Balaban J connectivity index is 1.63. The monoisotopic (exact) mass is 404 g/mol. The number of aromatic nitrogens is 3. The lowest BCUT2D eigenvalue weighted by Gasteiger charge is -2.20. The Kier molecular flexibility index (Phi) is 5.53. The highest BCUT2D eigenvalue weighted by Crippen LogP contribution is 2.28. The second-order valence-electron chi connectivity index (χ2n) is 8.09. The highest BCUT2D eigenvalue weighted by atomic mass is 16.1. The van der Waals surface area contributed by atoms with Crippen LogP contribution in [0.15, 0.2) is 36.5 Å². The highest BCUT2D eigenvalue weighted by Gasteiger charge is 2.24. The third kappa shape index (κ3) is 4.35. The minimum Gasteiger partial charge on any atom is -0.363 e. The number of fused-ring (bicyclic) bond motifs is 1. The molecule has 7 heteroatoms. The molecule has 1 amide bonds. The van der Waals surface area contributed by atoms with Gasteiger partial charge in [0.15, 0.2) is 0 Å². The molecule has 1 fully saturated rings. The first kappa shape index (κ1) is 20.1. The molecule has 0 bridgehead atoms. The summed E-state index contributed by atoms with van der Waals surface area (Å²) < 4.78 is 0. The average Bonchev–Trinajstić information content (AvgIpc) is 3.15. The number of hydrogen-bond donors (Lipinski definition) is 2. The third-order valence-corrected chi connectivity index (χ3v) is 5.49. The number of rotatable bonds is 5. The summed E-state index contributed by atoms with van der Waals surface area (Å²) in [5.74, 6) is 2.42. The van der Waals surface area contributed by atoms with Crippen LogP contribution in [-0.4, -0.2) is 40.0 Å². The first-order valence-electron chi connectivity index (χ1n) is 10.4. The van der Waals surface area contributed by atoms with Crippen LogP contribution < -0.4 is 15.5 Å². The fourth-order valence-corrected chi connectivity index (χ4v) is 4.02. The minimum atomic E-state index is 0.00817. The zero-order valence-electron chi connectivity index (χ0n) is 17.9. The fraction of sp³-hybridized carbons (Fsp3) is 0.391. The molecule has 1 saturated heterocycles. The van der Waals surface area contributed by atoms with Crippen molar-refractivity contribution >= 4 is 28.4 Å². The van der Waals surface area contributed by atoms with Crippen molar-refractivity contribution < 1.29 is 4.79 Å². The van der Waals surface area contributed by atoms with Gasteiger partial charge in [-0.15, -0.1) is 0 Å². The second-order valence-corrected chi connectivity index (χ2v) is 8.09. The van der Waals surface area contributed by atoms with Gasteiger partial charge in [-0.25, -0.2) is 15.0 Å². The molecule has 1 aliphatic heterocycles. The average molecular weight is 405 g/mol. The molecule has 0 saturated carbocycles. The van der Waals surface area contributed by atoms with Crippen LogP contribution in [0.2, 0.25) is 0 Å². The van der Waals surface area contributed by atoms with Crippen LogP contribution in [-0.2, 0) is 4.79 Å². The van der Waals surface area contributed by atoms with Crippen molar-refractivity contribution in [3.63, 3.8) is 0 Å². The molecular formula is C23H28N6O. The molecule has 0 spiro atoms. The molecule has 0 radical (unpaired) electrons. The molecule has 3 aromatic rings.